The van der Waals surface area contributed by atoms with Gasteiger partial charge in [0.2, 0.25) is 5.91 Å². The van der Waals surface area contributed by atoms with E-state index in [1.807, 2.05) is 36.7 Å². The van der Waals surface area contributed by atoms with Gasteiger partial charge in [0.05, 0.1) is 22.4 Å². The van der Waals surface area contributed by atoms with E-state index >= 15 is 0 Å². The summed E-state index contributed by atoms with van der Waals surface area (Å²) < 4.78 is 29.6. The van der Waals surface area contributed by atoms with Crippen molar-refractivity contribution in [3.63, 3.8) is 0 Å². The molecule has 3 rings (SSSR count). The molecule has 0 saturated carbocycles. The van der Waals surface area contributed by atoms with Crippen molar-refractivity contribution in [3.05, 3.63) is 63.1 Å². The Morgan fingerprint density at radius 3 is 2.54 bits per heavy atom. The predicted octanol–water partition coefficient (Wildman–Crippen LogP) is 4.39. The second-order valence-corrected chi connectivity index (χ2v) is 7.35. The molecule has 1 aromatic carbocycles. The molecule has 0 bridgehead atoms. The zero-order valence-corrected chi connectivity index (χ0v) is 17.3. The normalized spacial score (nSPS) is 11.2. The van der Waals surface area contributed by atoms with E-state index in [1.54, 1.807) is 13.0 Å². The monoisotopic (exact) mass is 451 g/mol. The van der Waals surface area contributed by atoms with Crippen LogP contribution >= 0.6 is 15.9 Å². The SMILES string of the molecule is Cc1nn(Cc2cccc(NC(=O)Cn3nc(C(F)F)cc3C)c2)c(C)c1Br. The highest BCUT2D eigenvalue weighted by molar-refractivity contribution is 9.10. The van der Waals surface area contributed by atoms with Crippen LogP contribution in [-0.2, 0) is 17.9 Å². The maximum atomic E-state index is 12.7. The van der Waals surface area contributed by atoms with Gasteiger partial charge in [-0.05, 0) is 60.5 Å². The second kappa shape index (κ2) is 8.22. The number of carbonyl (C=O) groups excluding carboxylic acids is 1. The summed E-state index contributed by atoms with van der Waals surface area (Å²) in [7, 11) is 0. The largest absolute Gasteiger partial charge is 0.324 e. The molecule has 148 valence electrons. The van der Waals surface area contributed by atoms with E-state index in [4.69, 9.17) is 0 Å². The highest BCUT2D eigenvalue weighted by Crippen LogP contribution is 2.21. The number of hydrogen-bond donors (Lipinski definition) is 1. The van der Waals surface area contributed by atoms with E-state index in [1.165, 1.54) is 10.7 Å². The van der Waals surface area contributed by atoms with Crippen molar-refractivity contribution in [3.8, 4) is 0 Å². The molecule has 6 nitrogen and oxygen atoms in total. The third kappa shape index (κ3) is 4.46. The predicted molar refractivity (Wildman–Crippen MR) is 105 cm³/mol. The lowest BCUT2D eigenvalue weighted by molar-refractivity contribution is -0.117. The summed E-state index contributed by atoms with van der Waals surface area (Å²) in [6.07, 6.45) is -2.66. The molecule has 0 aliphatic rings. The Bertz CT molecular complexity index is 1010. The molecule has 0 aliphatic heterocycles. The first-order valence-corrected chi connectivity index (χ1v) is 9.44. The summed E-state index contributed by atoms with van der Waals surface area (Å²) in [4.78, 5) is 12.3. The maximum absolute atomic E-state index is 12.7. The first-order chi connectivity index (χ1) is 13.2. The molecule has 1 N–H and O–H groups in total. The van der Waals surface area contributed by atoms with Crippen molar-refractivity contribution in [2.45, 2.75) is 40.3 Å². The average Bonchev–Trinajstić information content (AvgIpc) is 3.11. The van der Waals surface area contributed by atoms with E-state index in [2.05, 4.69) is 31.4 Å². The topological polar surface area (TPSA) is 64.7 Å². The van der Waals surface area contributed by atoms with Crippen LogP contribution in [0.5, 0.6) is 0 Å². The first-order valence-electron chi connectivity index (χ1n) is 8.65. The number of benzene rings is 1. The van der Waals surface area contributed by atoms with Crippen molar-refractivity contribution in [2.75, 3.05) is 5.32 Å². The number of alkyl halides is 2. The lowest BCUT2D eigenvalue weighted by atomic mass is 10.2. The van der Waals surface area contributed by atoms with Gasteiger partial charge in [0, 0.05) is 11.4 Å². The Morgan fingerprint density at radius 2 is 1.93 bits per heavy atom. The van der Waals surface area contributed by atoms with Gasteiger partial charge in [0.15, 0.2) is 0 Å². The molecular formula is C19H20BrF2N5O. The van der Waals surface area contributed by atoms with E-state index in [0.29, 0.717) is 17.9 Å². The Kier molecular flexibility index (Phi) is 5.93. The summed E-state index contributed by atoms with van der Waals surface area (Å²) >= 11 is 3.51. The molecule has 0 aliphatic carbocycles. The van der Waals surface area contributed by atoms with Crippen LogP contribution in [0.1, 0.15) is 34.8 Å². The van der Waals surface area contributed by atoms with E-state index < -0.39 is 6.43 Å². The third-order valence-corrected chi connectivity index (χ3v) is 5.50. The number of nitrogens with zero attached hydrogens (tertiary/aromatic N) is 4. The van der Waals surface area contributed by atoms with Gasteiger partial charge in [-0.25, -0.2) is 8.78 Å². The highest BCUT2D eigenvalue weighted by Gasteiger charge is 2.15. The Morgan fingerprint density at radius 1 is 1.18 bits per heavy atom. The fourth-order valence-electron chi connectivity index (χ4n) is 2.89. The van der Waals surface area contributed by atoms with Crippen LogP contribution in [0.2, 0.25) is 0 Å². The molecule has 9 heteroatoms. The third-order valence-electron chi connectivity index (χ3n) is 4.35. The number of amides is 1. The van der Waals surface area contributed by atoms with Crippen LogP contribution < -0.4 is 5.32 Å². The minimum Gasteiger partial charge on any atom is -0.324 e. The van der Waals surface area contributed by atoms with Crippen LogP contribution in [0, 0.1) is 20.8 Å². The fraction of sp³-hybridized carbons (Fsp3) is 0.316. The number of rotatable bonds is 6. The van der Waals surface area contributed by atoms with Crippen molar-refractivity contribution in [2.24, 2.45) is 0 Å². The molecule has 0 atom stereocenters. The van der Waals surface area contributed by atoms with Gasteiger partial charge in [0.25, 0.3) is 6.43 Å². The van der Waals surface area contributed by atoms with Gasteiger partial charge in [0.1, 0.15) is 12.2 Å². The number of anilines is 1. The number of halogens is 3. The average molecular weight is 452 g/mol. The highest BCUT2D eigenvalue weighted by atomic mass is 79.9. The number of hydrogen-bond acceptors (Lipinski definition) is 3. The number of carbonyl (C=O) groups is 1. The molecule has 0 spiro atoms. The van der Waals surface area contributed by atoms with E-state index in [0.717, 1.165) is 21.4 Å². The zero-order valence-electron chi connectivity index (χ0n) is 15.7. The van der Waals surface area contributed by atoms with Crippen LogP contribution in [0.25, 0.3) is 0 Å². The first kappa shape index (κ1) is 20.2. The smallest absolute Gasteiger partial charge is 0.282 e. The van der Waals surface area contributed by atoms with Crippen LogP contribution in [0.3, 0.4) is 0 Å². The fourth-order valence-corrected chi connectivity index (χ4v) is 3.17. The summed E-state index contributed by atoms with van der Waals surface area (Å²) in [5.74, 6) is -0.335. The van der Waals surface area contributed by atoms with Crippen LogP contribution in [0.4, 0.5) is 14.5 Å². The molecule has 0 fully saturated rings. The molecule has 2 heterocycles. The van der Waals surface area contributed by atoms with Gasteiger partial charge in [-0.1, -0.05) is 12.1 Å². The second-order valence-electron chi connectivity index (χ2n) is 6.56. The molecule has 0 saturated heterocycles. The van der Waals surface area contributed by atoms with Gasteiger partial charge >= 0.3 is 0 Å². The lowest BCUT2D eigenvalue weighted by Crippen LogP contribution is -2.20. The Hall–Kier alpha value is -2.55. The van der Waals surface area contributed by atoms with Crippen molar-refractivity contribution in [1.82, 2.24) is 19.6 Å². The van der Waals surface area contributed by atoms with Crippen molar-refractivity contribution >= 4 is 27.5 Å². The summed E-state index contributed by atoms with van der Waals surface area (Å²) in [5, 5.41) is 11.0. The Balaban J connectivity index is 1.68. The summed E-state index contributed by atoms with van der Waals surface area (Å²) in [6.45, 7) is 5.99. The zero-order chi connectivity index (χ0) is 20.4. The van der Waals surface area contributed by atoms with Gasteiger partial charge in [-0.2, -0.15) is 10.2 Å². The standard InChI is InChI=1S/C19H20BrF2N5O/c1-11-7-16(19(21)22)25-26(11)10-17(28)23-15-6-4-5-14(8-15)9-27-13(3)18(20)12(2)24-27/h4-8,19H,9-10H2,1-3H3,(H,23,28). The lowest BCUT2D eigenvalue weighted by Gasteiger charge is -2.10. The van der Waals surface area contributed by atoms with E-state index in [9.17, 15) is 13.6 Å². The van der Waals surface area contributed by atoms with Crippen LogP contribution in [0.15, 0.2) is 34.8 Å². The molecule has 28 heavy (non-hydrogen) atoms. The van der Waals surface area contributed by atoms with Gasteiger partial charge < -0.3 is 5.32 Å². The molecule has 1 amide bonds. The minimum absolute atomic E-state index is 0.132. The number of aryl methyl sites for hydroxylation is 2. The van der Waals surface area contributed by atoms with E-state index in [-0.39, 0.29) is 18.1 Å². The number of aromatic nitrogens is 4. The molecular weight excluding hydrogens is 432 g/mol. The van der Waals surface area contributed by atoms with Crippen LogP contribution in [-0.4, -0.2) is 25.5 Å². The molecule has 3 aromatic rings. The molecule has 0 radical (unpaired) electrons. The minimum atomic E-state index is -2.66. The maximum Gasteiger partial charge on any atom is 0.282 e. The van der Waals surface area contributed by atoms with Gasteiger partial charge in [-0.3, -0.25) is 14.2 Å². The molecule has 2 aromatic heterocycles. The summed E-state index contributed by atoms with van der Waals surface area (Å²) in [6, 6.07) is 8.72. The molecule has 0 unspecified atom stereocenters. The van der Waals surface area contributed by atoms with Crippen molar-refractivity contribution < 1.29 is 13.6 Å². The number of nitrogens with one attached hydrogen (secondary N) is 1. The van der Waals surface area contributed by atoms with Gasteiger partial charge in [-0.15, -0.1) is 0 Å². The Labute approximate surface area is 169 Å². The van der Waals surface area contributed by atoms with Crippen molar-refractivity contribution in [1.29, 1.82) is 0 Å². The quantitative estimate of drug-likeness (QED) is 0.604. The summed E-state index contributed by atoms with van der Waals surface area (Å²) in [5.41, 5.74) is 3.72.